The van der Waals surface area contributed by atoms with Crippen molar-refractivity contribution in [1.29, 1.82) is 0 Å². The van der Waals surface area contributed by atoms with E-state index in [2.05, 4.69) is 4.98 Å². The Balaban J connectivity index is 1.98. The molecule has 0 radical (unpaired) electrons. The van der Waals surface area contributed by atoms with Crippen LogP contribution in [0, 0.1) is 0 Å². The Kier molecular flexibility index (Phi) is 4.13. The van der Waals surface area contributed by atoms with Gasteiger partial charge in [0.15, 0.2) is 0 Å². The minimum atomic E-state index is 0.0808. The molecule has 0 amide bonds. The number of hydrogen-bond acceptors (Lipinski definition) is 2. The van der Waals surface area contributed by atoms with Gasteiger partial charge in [0.25, 0.3) is 0 Å². The highest BCUT2D eigenvalue weighted by Gasteiger charge is 2.07. The number of aromatic nitrogens is 1. The van der Waals surface area contributed by atoms with Crippen LogP contribution in [0.4, 0.5) is 0 Å². The van der Waals surface area contributed by atoms with Crippen molar-refractivity contribution in [2.24, 2.45) is 5.73 Å². The highest BCUT2D eigenvalue weighted by atomic mass is 35.5. The van der Waals surface area contributed by atoms with E-state index < -0.39 is 0 Å². The fourth-order valence-electron chi connectivity index (χ4n) is 1.84. The first-order valence-electron chi connectivity index (χ1n) is 5.63. The highest BCUT2D eigenvalue weighted by molar-refractivity contribution is 6.31. The Morgan fingerprint density at radius 3 is 2.47 bits per heavy atom. The second-order valence-corrected chi connectivity index (χ2v) is 4.52. The molecule has 2 rings (SSSR count). The second kappa shape index (κ2) is 5.80. The molecule has 2 nitrogen and oxygen atoms in total. The number of halogens is 1. The molecule has 1 aromatic heterocycles. The Hall–Kier alpha value is -1.38. The van der Waals surface area contributed by atoms with E-state index in [0.717, 1.165) is 23.4 Å². The summed E-state index contributed by atoms with van der Waals surface area (Å²) in [6.07, 6.45) is 5.21. The number of benzene rings is 1. The Morgan fingerprint density at radius 1 is 1.06 bits per heavy atom. The number of nitrogens with two attached hydrogens (primary N) is 1. The average Bonchev–Trinajstić information content (AvgIpc) is 2.33. The second-order valence-electron chi connectivity index (χ2n) is 4.12. The summed E-state index contributed by atoms with van der Waals surface area (Å²) in [4.78, 5) is 3.99. The number of rotatable bonds is 4. The molecule has 0 fully saturated rings. The third kappa shape index (κ3) is 3.55. The monoisotopic (exact) mass is 246 g/mol. The third-order valence-corrected chi connectivity index (χ3v) is 3.06. The minimum Gasteiger partial charge on any atom is -0.327 e. The Bertz CT molecular complexity index is 471. The first kappa shape index (κ1) is 12.1. The van der Waals surface area contributed by atoms with Gasteiger partial charge >= 0.3 is 0 Å². The van der Waals surface area contributed by atoms with Crippen molar-refractivity contribution in [3.05, 3.63) is 64.9 Å². The van der Waals surface area contributed by atoms with Gasteiger partial charge in [0.1, 0.15) is 0 Å². The molecule has 2 aromatic rings. The Labute approximate surface area is 106 Å². The zero-order chi connectivity index (χ0) is 12.1. The van der Waals surface area contributed by atoms with Crippen molar-refractivity contribution in [3.63, 3.8) is 0 Å². The van der Waals surface area contributed by atoms with E-state index in [4.69, 9.17) is 17.3 Å². The van der Waals surface area contributed by atoms with Crippen molar-refractivity contribution in [2.75, 3.05) is 0 Å². The summed E-state index contributed by atoms with van der Waals surface area (Å²) in [6.45, 7) is 0. The van der Waals surface area contributed by atoms with Gasteiger partial charge in [-0.2, -0.15) is 0 Å². The van der Waals surface area contributed by atoms with Gasteiger partial charge in [0, 0.05) is 23.5 Å². The number of pyridine rings is 1. The van der Waals surface area contributed by atoms with Gasteiger partial charge in [0.2, 0.25) is 0 Å². The normalized spacial score (nSPS) is 12.4. The lowest BCUT2D eigenvalue weighted by molar-refractivity contribution is 0.664. The smallest absolute Gasteiger partial charge is 0.0438 e. The van der Waals surface area contributed by atoms with Crippen molar-refractivity contribution in [2.45, 2.75) is 18.9 Å². The van der Waals surface area contributed by atoms with Crippen molar-refractivity contribution < 1.29 is 0 Å². The molecule has 0 saturated carbocycles. The maximum atomic E-state index is 6.13. The lowest BCUT2D eigenvalue weighted by atomic mass is 10.0. The molecular formula is C14H15ClN2. The molecule has 0 aliphatic heterocycles. The lowest BCUT2D eigenvalue weighted by Gasteiger charge is -2.12. The van der Waals surface area contributed by atoms with Gasteiger partial charge < -0.3 is 5.73 Å². The van der Waals surface area contributed by atoms with Crippen LogP contribution in [0.15, 0.2) is 48.8 Å². The van der Waals surface area contributed by atoms with Gasteiger partial charge in [-0.15, -0.1) is 0 Å². The molecule has 0 spiro atoms. The van der Waals surface area contributed by atoms with Gasteiger partial charge in [-0.05, 0) is 42.2 Å². The van der Waals surface area contributed by atoms with Crippen molar-refractivity contribution >= 4 is 11.6 Å². The van der Waals surface area contributed by atoms with Crippen LogP contribution in [0.2, 0.25) is 5.02 Å². The molecule has 2 N–H and O–H groups in total. The van der Waals surface area contributed by atoms with Crippen LogP contribution in [0.1, 0.15) is 11.1 Å². The average molecular weight is 247 g/mol. The molecule has 1 aromatic carbocycles. The summed E-state index contributed by atoms with van der Waals surface area (Å²) < 4.78 is 0. The predicted octanol–water partition coefficient (Wildman–Crippen LogP) is 2.85. The van der Waals surface area contributed by atoms with Crippen LogP contribution < -0.4 is 5.73 Å². The summed E-state index contributed by atoms with van der Waals surface area (Å²) in [5.41, 5.74) is 8.44. The molecule has 17 heavy (non-hydrogen) atoms. The molecular weight excluding hydrogens is 232 g/mol. The first-order valence-corrected chi connectivity index (χ1v) is 6.01. The van der Waals surface area contributed by atoms with E-state index in [1.54, 1.807) is 12.4 Å². The van der Waals surface area contributed by atoms with Crippen molar-refractivity contribution in [1.82, 2.24) is 4.98 Å². The molecule has 1 heterocycles. The SMILES string of the molecule is NC(Cc1ccncc1)Cc1ccccc1Cl. The standard InChI is InChI=1S/C14H15ClN2/c15-14-4-2-1-3-12(14)10-13(16)9-11-5-7-17-8-6-11/h1-8,13H,9-10,16H2. The molecule has 1 unspecified atom stereocenters. The molecule has 0 aliphatic rings. The lowest BCUT2D eigenvalue weighted by Crippen LogP contribution is -2.25. The summed E-state index contributed by atoms with van der Waals surface area (Å²) in [6, 6.07) is 11.9. The number of nitrogens with zero attached hydrogens (tertiary/aromatic N) is 1. The van der Waals surface area contributed by atoms with Crippen LogP contribution in [-0.4, -0.2) is 11.0 Å². The zero-order valence-electron chi connectivity index (χ0n) is 9.51. The number of hydrogen-bond donors (Lipinski definition) is 1. The van der Waals surface area contributed by atoms with E-state index in [-0.39, 0.29) is 6.04 Å². The first-order chi connectivity index (χ1) is 8.25. The summed E-state index contributed by atoms with van der Waals surface area (Å²) >= 11 is 6.11. The van der Waals surface area contributed by atoms with Gasteiger partial charge in [0.05, 0.1) is 0 Å². The van der Waals surface area contributed by atoms with E-state index in [1.165, 1.54) is 5.56 Å². The minimum absolute atomic E-state index is 0.0808. The maximum Gasteiger partial charge on any atom is 0.0438 e. The largest absolute Gasteiger partial charge is 0.327 e. The molecule has 1 atom stereocenters. The molecule has 88 valence electrons. The van der Waals surface area contributed by atoms with Crippen LogP contribution in [0.3, 0.4) is 0 Å². The van der Waals surface area contributed by atoms with E-state index in [1.807, 2.05) is 36.4 Å². The Morgan fingerprint density at radius 2 is 1.76 bits per heavy atom. The fourth-order valence-corrected chi connectivity index (χ4v) is 2.05. The highest BCUT2D eigenvalue weighted by Crippen LogP contribution is 2.17. The van der Waals surface area contributed by atoms with E-state index in [0.29, 0.717) is 0 Å². The van der Waals surface area contributed by atoms with Crippen molar-refractivity contribution in [3.8, 4) is 0 Å². The zero-order valence-corrected chi connectivity index (χ0v) is 10.3. The maximum absolute atomic E-state index is 6.13. The summed E-state index contributed by atoms with van der Waals surface area (Å²) in [7, 11) is 0. The summed E-state index contributed by atoms with van der Waals surface area (Å²) in [5, 5.41) is 0.790. The van der Waals surface area contributed by atoms with Crippen LogP contribution in [0.25, 0.3) is 0 Å². The van der Waals surface area contributed by atoms with Gasteiger partial charge in [-0.1, -0.05) is 29.8 Å². The third-order valence-electron chi connectivity index (χ3n) is 2.69. The van der Waals surface area contributed by atoms with Gasteiger partial charge in [-0.25, -0.2) is 0 Å². The summed E-state index contributed by atoms with van der Waals surface area (Å²) in [5.74, 6) is 0. The van der Waals surface area contributed by atoms with Gasteiger partial charge in [-0.3, -0.25) is 4.98 Å². The molecule has 0 saturated heterocycles. The topological polar surface area (TPSA) is 38.9 Å². The molecule has 3 heteroatoms. The van der Waals surface area contributed by atoms with Crippen LogP contribution in [-0.2, 0) is 12.8 Å². The molecule has 0 bridgehead atoms. The van der Waals surface area contributed by atoms with E-state index >= 15 is 0 Å². The van der Waals surface area contributed by atoms with Crippen LogP contribution >= 0.6 is 11.6 Å². The quantitative estimate of drug-likeness (QED) is 0.901. The van der Waals surface area contributed by atoms with Crippen LogP contribution in [0.5, 0.6) is 0 Å². The predicted molar refractivity (Wildman–Crippen MR) is 71.1 cm³/mol. The van der Waals surface area contributed by atoms with E-state index in [9.17, 15) is 0 Å². The fraction of sp³-hybridized carbons (Fsp3) is 0.214. The molecule has 0 aliphatic carbocycles.